The minimum absolute atomic E-state index is 0. The van der Waals surface area contributed by atoms with E-state index in [1.54, 1.807) is 7.11 Å². The summed E-state index contributed by atoms with van der Waals surface area (Å²) >= 11 is 0. The summed E-state index contributed by atoms with van der Waals surface area (Å²) < 4.78 is 5.42. The van der Waals surface area contributed by atoms with Gasteiger partial charge in [0.15, 0.2) is 0 Å². The van der Waals surface area contributed by atoms with Crippen molar-refractivity contribution in [3.8, 4) is 5.75 Å². The van der Waals surface area contributed by atoms with E-state index in [9.17, 15) is 4.79 Å². The minimum Gasteiger partial charge on any atom is -0.495 e. The summed E-state index contributed by atoms with van der Waals surface area (Å²) in [4.78, 5) is 16.7. The van der Waals surface area contributed by atoms with Crippen molar-refractivity contribution >= 4 is 24.0 Å². The molecular weight excluding hydrogens is 314 g/mol. The second kappa shape index (κ2) is 8.41. The van der Waals surface area contributed by atoms with E-state index in [1.807, 2.05) is 30.0 Å². The zero-order valence-corrected chi connectivity index (χ0v) is 15.1. The normalized spacial score (nSPS) is 17.2. The van der Waals surface area contributed by atoms with Crippen LogP contribution in [0.3, 0.4) is 0 Å². The molecule has 2 N–H and O–H groups in total. The molecule has 0 radical (unpaired) electrons. The Labute approximate surface area is 145 Å². The van der Waals surface area contributed by atoms with Crippen molar-refractivity contribution in [3.63, 3.8) is 0 Å². The van der Waals surface area contributed by atoms with Crippen LogP contribution in [0.4, 0.5) is 5.69 Å². The Morgan fingerprint density at radius 2 is 1.87 bits per heavy atom. The number of para-hydroxylation sites is 2. The number of carbonyl (C=O) groups excluding carboxylic acids is 1. The summed E-state index contributed by atoms with van der Waals surface area (Å²) in [6.45, 7) is 6.90. The van der Waals surface area contributed by atoms with Gasteiger partial charge in [-0.05, 0) is 25.5 Å². The summed E-state index contributed by atoms with van der Waals surface area (Å²) in [6.07, 6.45) is 1.64. The molecule has 0 aromatic heterocycles. The SMILES string of the molecule is CCCC(C)(N)C(=O)N1CCN(c2ccccc2OC)CC1.Cl. The molecule has 0 bridgehead atoms. The standard InChI is InChI=1S/C17H27N3O2.ClH/c1-4-9-17(2,18)16(21)20-12-10-19(11-13-20)14-7-5-6-8-15(14)22-3;/h5-8H,4,9-13,18H2,1-3H3;1H. The van der Waals surface area contributed by atoms with Crippen LogP contribution in [0.15, 0.2) is 24.3 Å². The van der Waals surface area contributed by atoms with Crippen LogP contribution >= 0.6 is 12.4 Å². The molecule has 130 valence electrons. The number of hydrogen-bond acceptors (Lipinski definition) is 4. The molecule has 0 aliphatic carbocycles. The number of ether oxygens (including phenoxy) is 1. The van der Waals surface area contributed by atoms with Gasteiger partial charge < -0.3 is 20.3 Å². The maximum absolute atomic E-state index is 12.5. The van der Waals surface area contributed by atoms with Crippen LogP contribution < -0.4 is 15.4 Å². The summed E-state index contributed by atoms with van der Waals surface area (Å²) in [6, 6.07) is 7.99. The zero-order valence-electron chi connectivity index (χ0n) is 14.2. The molecule has 1 saturated heterocycles. The summed E-state index contributed by atoms with van der Waals surface area (Å²) in [5.74, 6) is 0.936. The van der Waals surface area contributed by atoms with E-state index in [4.69, 9.17) is 10.5 Å². The molecule has 6 heteroatoms. The van der Waals surface area contributed by atoms with Gasteiger partial charge in [-0.15, -0.1) is 12.4 Å². The number of amides is 1. The van der Waals surface area contributed by atoms with E-state index < -0.39 is 5.54 Å². The first kappa shape index (κ1) is 19.6. The molecule has 1 heterocycles. The lowest BCUT2D eigenvalue weighted by molar-refractivity contribution is -0.137. The molecule has 1 aromatic rings. The van der Waals surface area contributed by atoms with Crippen LogP contribution in [-0.4, -0.2) is 49.6 Å². The summed E-state index contributed by atoms with van der Waals surface area (Å²) in [5, 5.41) is 0. The molecular formula is C17H28ClN3O2. The van der Waals surface area contributed by atoms with Gasteiger partial charge in [0.1, 0.15) is 5.75 Å². The Hall–Kier alpha value is -1.46. The molecule has 0 spiro atoms. The third-order valence-electron chi connectivity index (χ3n) is 4.25. The minimum atomic E-state index is -0.749. The van der Waals surface area contributed by atoms with E-state index in [0.717, 1.165) is 37.4 Å². The maximum atomic E-state index is 12.5. The lowest BCUT2D eigenvalue weighted by Gasteiger charge is -2.39. The van der Waals surface area contributed by atoms with Gasteiger partial charge in [-0.25, -0.2) is 0 Å². The molecule has 0 saturated carbocycles. The highest BCUT2D eigenvalue weighted by Gasteiger charge is 2.33. The van der Waals surface area contributed by atoms with Gasteiger partial charge in [-0.2, -0.15) is 0 Å². The fourth-order valence-corrected chi connectivity index (χ4v) is 3.03. The predicted octanol–water partition coefficient (Wildman–Crippen LogP) is 2.28. The Balaban J connectivity index is 0.00000264. The average Bonchev–Trinajstić information content (AvgIpc) is 2.54. The van der Waals surface area contributed by atoms with E-state index >= 15 is 0 Å². The molecule has 5 nitrogen and oxygen atoms in total. The van der Waals surface area contributed by atoms with Crippen LogP contribution in [0.2, 0.25) is 0 Å². The van der Waals surface area contributed by atoms with Gasteiger partial charge in [0, 0.05) is 26.2 Å². The average molecular weight is 342 g/mol. The number of nitrogens with zero attached hydrogens (tertiary/aromatic N) is 2. The van der Waals surface area contributed by atoms with Crippen molar-refractivity contribution < 1.29 is 9.53 Å². The van der Waals surface area contributed by atoms with Gasteiger partial charge in [0.05, 0.1) is 18.3 Å². The molecule has 23 heavy (non-hydrogen) atoms. The molecule has 1 aliphatic rings. The number of nitrogens with two attached hydrogens (primary N) is 1. The number of hydrogen-bond donors (Lipinski definition) is 1. The van der Waals surface area contributed by atoms with Gasteiger partial charge in [0.25, 0.3) is 0 Å². The maximum Gasteiger partial charge on any atom is 0.242 e. The lowest BCUT2D eigenvalue weighted by Crippen LogP contribution is -2.58. The fraction of sp³-hybridized carbons (Fsp3) is 0.588. The highest BCUT2D eigenvalue weighted by atomic mass is 35.5. The van der Waals surface area contributed by atoms with Crippen LogP contribution in [0.1, 0.15) is 26.7 Å². The van der Waals surface area contributed by atoms with Gasteiger partial charge in [0.2, 0.25) is 5.91 Å². The quantitative estimate of drug-likeness (QED) is 0.892. The number of rotatable bonds is 5. The van der Waals surface area contributed by atoms with Crippen molar-refractivity contribution in [3.05, 3.63) is 24.3 Å². The molecule has 1 aliphatic heterocycles. The van der Waals surface area contributed by atoms with Crippen molar-refractivity contribution in [2.24, 2.45) is 5.73 Å². The highest BCUT2D eigenvalue weighted by molar-refractivity contribution is 5.86. The van der Waals surface area contributed by atoms with Crippen molar-refractivity contribution in [2.45, 2.75) is 32.2 Å². The summed E-state index contributed by atoms with van der Waals surface area (Å²) in [5.41, 5.74) is 6.50. The molecule has 2 rings (SSSR count). The topological polar surface area (TPSA) is 58.8 Å². The molecule has 1 unspecified atom stereocenters. The second-order valence-corrected chi connectivity index (χ2v) is 6.12. The predicted molar refractivity (Wildman–Crippen MR) is 96.5 cm³/mol. The fourth-order valence-electron chi connectivity index (χ4n) is 3.03. The molecule has 1 fully saturated rings. The Kier molecular flexibility index (Phi) is 7.16. The highest BCUT2D eigenvalue weighted by Crippen LogP contribution is 2.28. The van der Waals surface area contributed by atoms with E-state index in [-0.39, 0.29) is 18.3 Å². The first-order valence-electron chi connectivity index (χ1n) is 7.96. The van der Waals surface area contributed by atoms with Crippen LogP contribution in [0.25, 0.3) is 0 Å². The number of anilines is 1. The molecule has 1 atom stereocenters. The number of halogens is 1. The van der Waals surface area contributed by atoms with Crippen molar-refractivity contribution in [1.29, 1.82) is 0 Å². The van der Waals surface area contributed by atoms with E-state index in [1.165, 1.54) is 0 Å². The van der Waals surface area contributed by atoms with Gasteiger partial charge in [-0.3, -0.25) is 4.79 Å². The number of piperazine rings is 1. The monoisotopic (exact) mass is 341 g/mol. The molecule has 1 amide bonds. The van der Waals surface area contributed by atoms with Crippen LogP contribution in [-0.2, 0) is 4.79 Å². The largest absolute Gasteiger partial charge is 0.495 e. The van der Waals surface area contributed by atoms with E-state index in [0.29, 0.717) is 13.1 Å². The third kappa shape index (κ3) is 4.52. The van der Waals surface area contributed by atoms with Crippen molar-refractivity contribution in [1.82, 2.24) is 4.90 Å². The van der Waals surface area contributed by atoms with Crippen molar-refractivity contribution in [2.75, 3.05) is 38.2 Å². The van der Waals surface area contributed by atoms with E-state index in [2.05, 4.69) is 17.9 Å². The number of methoxy groups -OCH3 is 1. The van der Waals surface area contributed by atoms with Crippen LogP contribution in [0, 0.1) is 0 Å². The Morgan fingerprint density at radius 1 is 1.26 bits per heavy atom. The number of benzene rings is 1. The van der Waals surface area contributed by atoms with Gasteiger partial charge in [-0.1, -0.05) is 25.5 Å². The number of carbonyl (C=O) groups is 1. The Morgan fingerprint density at radius 3 is 2.43 bits per heavy atom. The smallest absolute Gasteiger partial charge is 0.242 e. The first-order valence-corrected chi connectivity index (χ1v) is 7.96. The second-order valence-electron chi connectivity index (χ2n) is 6.12. The lowest BCUT2D eigenvalue weighted by atomic mass is 9.95. The zero-order chi connectivity index (χ0) is 16.2. The van der Waals surface area contributed by atoms with Gasteiger partial charge >= 0.3 is 0 Å². The summed E-state index contributed by atoms with van der Waals surface area (Å²) in [7, 11) is 1.68. The first-order chi connectivity index (χ1) is 10.5. The van der Waals surface area contributed by atoms with Crippen LogP contribution in [0.5, 0.6) is 5.75 Å². The molecule has 1 aromatic carbocycles. The Bertz CT molecular complexity index is 514. The third-order valence-corrected chi connectivity index (χ3v) is 4.25.